The van der Waals surface area contributed by atoms with Gasteiger partial charge >= 0.3 is 0 Å². The molecule has 142 valence electrons. The van der Waals surface area contributed by atoms with Gasteiger partial charge in [-0.1, -0.05) is 19.9 Å². The quantitative estimate of drug-likeness (QED) is 0.633. The molecule has 1 aliphatic carbocycles. The Balaban J connectivity index is 0.00000312. The Morgan fingerprint density at radius 2 is 2.00 bits per heavy atom. The van der Waals surface area contributed by atoms with Gasteiger partial charge in [0.05, 0.1) is 4.90 Å². The Kier molecular flexibility index (Phi) is 7.43. The Morgan fingerprint density at radius 1 is 1.36 bits per heavy atom. The second kappa shape index (κ2) is 8.49. The highest BCUT2D eigenvalue weighted by molar-refractivity contribution is 7.89. The van der Waals surface area contributed by atoms with Crippen LogP contribution in [0, 0.1) is 5.92 Å². The van der Waals surface area contributed by atoms with Gasteiger partial charge in [0, 0.05) is 23.7 Å². The van der Waals surface area contributed by atoms with Crippen LogP contribution in [0.1, 0.15) is 50.4 Å². The number of benzene rings is 1. The fourth-order valence-electron chi connectivity index (χ4n) is 2.73. The molecule has 0 bridgehead atoms. The van der Waals surface area contributed by atoms with Crippen LogP contribution in [0.15, 0.2) is 29.2 Å². The summed E-state index contributed by atoms with van der Waals surface area (Å²) in [7, 11) is -3.58. The van der Waals surface area contributed by atoms with Gasteiger partial charge in [0.1, 0.15) is 0 Å². The van der Waals surface area contributed by atoms with E-state index in [-0.39, 0.29) is 29.3 Å². The number of hydrogen-bond acceptors (Lipinski definition) is 4. The summed E-state index contributed by atoms with van der Waals surface area (Å²) < 4.78 is 27.2. The van der Waals surface area contributed by atoms with Gasteiger partial charge in [0.15, 0.2) is 0 Å². The molecule has 0 radical (unpaired) electrons. The van der Waals surface area contributed by atoms with E-state index in [4.69, 9.17) is 5.73 Å². The molecule has 0 aromatic heterocycles. The summed E-state index contributed by atoms with van der Waals surface area (Å²) in [6, 6.07) is 6.12. The van der Waals surface area contributed by atoms with E-state index in [0.29, 0.717) is 18.0 Å². The number of amides is 1. The van der Waals surface area contributed by atoms with Crippen LogP contribution >= 0.6 is 12.4 Å². The smallest absolute Gasteiger partial charge is 0.251 e. The minimum Gasteiger partial charge on any atom is -0.346 e. The first-order chi connectivity index (χ1) is 11.1. The third-order valence-electron chi connectivity index (χ3n) is 4.03. The SMILES string of the molecule is CC(C)CC(C)(CN)NC(=O)c1cccc(S(=O)(=O)NC2CC2)c1.Cl. The highest BCUT2D eigenvalue weighted by atomic mass is 35.5. The van der Waals surface area contributed by atoms with Crippen LogP contribution in [0.5, 0.6) is 0 Å². The maximum absolute atomic E-state index is 12.5. The number of nitrogens with one attached hydrogen (secondary N) is 2. The topological polar surface area (TPSA) is 101 Å². The van der Waals surface area contributed by atoms with Crippen molar-refractivity contribution in [3.8, 4) is 0 Å². The molecule has 0 spiro atoms. The summed E-state index contributed by atoms with van der Waals surface area (Å²) in [6.07, 6.45) is 2.48. The lowest BCUT2D eigenvalue weighted by atomic mass is 9.90. The minimum absolute atomic E-state index is 0. The van der Waals surface area contributed by atoms with Crippen molar-refractivity contribution in [2.45, 2.75) is 56.5 Å². The molecule has 6 nitrogen and oxygen atoms in total. The van der Waals surface area contributed by atoms with Gasteiger partial charge in [0.2, 0.25) is 10.0 Å². The Labute approximate surface area is 156 Å². The van der Waals surface area contributed by atoms with Crippen molar-refractivity contribution in [2.24, 2.45) is 11.7 Å². The van der Waals surface area contributed by atoms with Gasteiger partial charge < -0.3 is 11.1 Å². The molecule has 0 heterocycles. The van der Waals surface area contributed by atoms with E-state index < -0.39 is 15.6 Å². The first-order valence-electron chi connectivity index (χ1n) is 8.30. The fourth-order valence-corrected chi connectivity index (χ4v) is 4.08. The maximum Gasteiger partial charge on any atom is 0.251 e. The Hall–Kier alpha value is -1.15. The van der Waals surface area contributed by atoms with Crippen LogP contribution in [-0.4, -0.2) is 32.5 Å². The lowest BCUT2D eigenvalue weighted by molar-refractivity contribution is 0.0898. The third kappa shape index (κ3) is 6.26. The largest absolute Gasteiger partial charge is 0.346 e. The van der Waals surface area contributed by atoms with Gasteiger partial charge in [-0.05, 0) is 50.3 Å². The van der Waals surface area contributed by atoms with Crippen molar-refractivity contribution in [1.82, 2.24) is 10.0 Å². The van der Waals surface area contributed by atoms with Crippen molar-refractivity contribution >= 4 is 28.3 Å². The molecule has 1 fully saturated rings. The van der Waals surface area contributed by atoms with Gasteiger partial charge in [0.25, 0.3) is 5.91 Å². The molecule has 1 aliphatic rings. The average molecular weight is 390 g/mol. The number of rotatable bonds is 8. The normalized spacial score (nSPS) is 16.8. The molecule has 1 aromatic carbocycles. The molecule has 1 aromatic rings. The van der Waals surface area contributed by atoms with E-state index >= 15 is 0 Å². The molecule has 1 atom stereocenters. The summed E-state index contributed by atoms with van der Waals surface area (Å²) in [4.78, 5) is 12.6. The van der Waals surface area contributed by atoms with Crippen molar-refractivity contribution in [1.29, 1.82) is 0 Å². The van der Waals surface area contributed by atoms with Gasteiger partial charge in [-0.15, -0.1) is 12.4 Å². The van der Waals surface area contributed by atoms with E-state index in [0.717, 1.165) is 19.3 Å². The predicted octanol–water partition coefficient (Wildman–Crippen LogP) is 2.04. The molecule has 4 N–H and O–H groups in total. The molecule has 1 unspecified atom stereocenters. The number of carbonyl (C=O) groups excluding carboxylic acids is 1. The molecule has 1 saturated carbocycles. The van der Waals surface area contributed by atoms with Gasteiger partial charge in [-0.2, -0.15) is 0 Å². The second-order valence-corrected chi connectivity index (χ2v) is 8.95. The molecule has 8 heteroatoms. The number of sulfonamides is 1. The lowest BCUT2D eigenvalue weighted by Crippen LogP contribution is -2.52. The number of hydrogen-bond donors (Lipinski definition) is 3. The Bertz CT molecular complexity index is 705. The first-order valence-corrected chi connectivity index (χ1v) is 9.78. The van der Waals surface area contributed by atoms with Crippen LogP contribution in [0.25, 0.3) is 0 Å². The van der Waals surface area contributed by atoms with Crippen LogP contribution < -0.4 is 15.8 Å². The zero-order chi connectivity index (χ0) is 18.0. The average Bonchev–Trinajstić information content (AvgIpc) is 3.29. The van der Waals surface area contributed by atoms with E-state index in [9.17, 15) is 13.2 Å². The standard InChI is InChI=1S/C17H27N3O3S.ClH/c1-12(2)10-17(3,11-18)19-16(21)13-5-4-6-15(9-13)24(22,23)20-14-7-8-14;/h4-6,9,12,14,20H,7-8,10-11,18H2,1-3H3,(H,19,21);1H. The molecule has 25 heavy (non-hydrogen) atoms. The number of halogens is 1. The zero-order valence-electron chi connectivity index (χ0n) is 14.9. The highest BCUT2D eigenvalue weighted by Gasteiger charge is 2.29. The molecular weight excluding hydrogens is 362 g/mol. The number of nitrogens with two attached hydrogens (primary N) is 1. The first kappa shape index (κ1) is 21.9. The molecular formula is C17H28ClN3O3S. The molecule has 0 aliphatic heterocycles. The zero-order valence-corrected chi connectivity index (χ0v) is 16.5. The van der Waals surface area contributed by atoms with Crippen LogP contribution in [0.4, 0.5) is 0 Å². The van der Waals surface area contributed by atoms with E-state index in [2.05, 4.69) is 23.9 Å². The monoisotopic (exact) mass is 389 g/mol. The second-order valence-electron chi connectivity index (χ2n) is 7.24. The van der Waals surface area contributed by atoms with Crippen LogP contribution in [0.2, 0.25) is 0 Å². The van der Waals surface area contributed by atoms with Crippen molar-refractivity contribution in [3.63, 3.8) is 0 Å². The van der Waals surface area contributed by atoms with E-state index in [1.807, 2.05) is 6.92 Å². The van der Waals surface area contributed by atoms with E-state index in [1.165, 1.54) is 12.1 Å². The maximum atomic E-state index is 12.5. The van der Waals surface area contributed by atoms with Crippen LogP contribution in [-0.2, 0) is 10.0 Å². The molecule has 0 saturated heterocycles. The molecule has 1 amide bonds. The lowest BCUT2D eigenvalue weighted by Gasteiger charge is -2.31. The fraction of sp³-hybridized carbons (Fsp3) is 0.588. The minimum atomic E-state index is -3.58. The van der Waals surface area contributed by atoms with E-state index in [1.54, 1.807) is 12.1 Å². The van der Waals surface area contributed by atoms with Gasteiger partial charge in [-0.3, -0.25) is 4.79 Å². The predicted molar refractivity (Wildman–Crippen MR) is 101 cm³/mol. The van der Waals surface area contributed by atoms with Gasteiger partial charge in [-0.25, -0.2) is 13.1 Å². The summed E-state index contributed by atoms with van der Waals surface area (Å²) >= 11 is 0. The third-order valence-corrected chi connectivity index (χ3v) is 5.55. The summed E-state index contributed by atoms with van der Waals surface area (Å²) in [5.74, 6) is 0.0698. The summed E-state index contributed by atoms with van der Waals surface area (Å²) in [6.45, 7) is 6.35. The summed E-state index contributed by atoms with van der Waals surface area (Å²) in [5, 5.41) is 2.94. The van der Waals surface area contributed by atoms with Crippen molar-refractivity contribution in [2.75, 3.05) is 6.54 Å². The van der Waals surface area contributed by atoms with Crippen LogP contribution in [0.3, 0.4) is 0 Å². The highest BCUT2D eigenvalue weighted by Crippen LogP contribution is 2.23. The number of carbonyl (C=O) groups is 1. The van der Waals surface area contributed by atoms with Crippen molar-refractivity contribution < 1.29 is 13.2 Å². The van der Waals surface area contributed by atoms with Crippen molar-refractivity contribution in [3.05, 3.63) is 29.8 Å². The Morgan fingerprint density at radius 3 is 2.52 bits per heavy atom. The summed E-state index contributed by atoms with van der Waals surface area (Å²) in [5.41, 5.74) is 5.62. The molecule has 2 rings (SSSR count).